The second-order valence-corrected chi connectivity index (χ2v) is 8.74. The molecule has 0 bridgehead atoms. The van der Waals surface area contributed by atoms with Crippen LogP contribution in [0.5, 0.6) is 5.75 Å². The number of benzene rings is 1. The Morgan fingerprint density at radius 3 is 2.50 bits per heavy atom. The van der Waals surface area contributed by atoms with E-state index in [1.165, 1.54) is 0 Å². The third-order valence-electron chi connectivity index (χ3n) is 2.32. The molecule has 0 heterocycles. The summed E-state index contributed by atoms with van der Waals surface area (Å²) in [6.07, 6.45) is 0. The van der Waals surface area contributed by atoms with Crippen molar-refractivity contribution in [1.82, 2.24) is 0 Å². The highest BCUT2D eigenvalue weighted by Crippen LogP contribution is 2.26. The first-order chi connectivity index (χ1) is 8.09. The molecule has 0 saturated heterocycles. The van der Waals surface area contributed by atoms with E-state index in [0.29, 0.717) is 6.61 Å². The molecule has 18 heavy (non-hydrogen) atoms. The lowest BCUT2D eigenvalue weighted by atomic mass is 9.98. The molecule has 0 saturated carbocycles. The van der Waals surface area contributed by atoms with E-state index in [-0.39, 0.29) is 5.75 Å². The van der Waals surface area contributed by atoms with E-state index in [1.54, 1.807) is 13.8 Å². The average molecular weight is 356 g/mol. The highest BCUT2D eigenvalue weighted by atomic mass is 79.9. The Labute approximate surface area is 121 Å². The zero-order valence-corrected chi connectivity index (χ0v) is 13.7. The standard InChI is InChI=1S/C12H16BrClO3S/c1-9-6-10(13)4-5-11(9)17-7-12(2,3)8-18(14,15)16/h4-6H,7-8H2,1-3H3. The van der Waals surface area contributed by atoms with Gasteiger partial charge in [-0.2, -0.15) is 0 Å². The van der Waals surface area contributed by atoms with Gasteiger partial charge >= 0.3 is 0 Å². The van der Waals surface area contributed by atoms with Crippen molar-refractivity contribution in [1.29, 1.82) is 0 Å². The Bertz CT molecular complexity index is 526. The smallest absolute Gasteiger partial charge is 0.233 e. The highest BCUT2D eigenvalue weighted by Gasteiger charge is 2.26. The second-order valence-electron chi connectivity index (χ2n) is 5.05. The summed E-state index contributed by atoms with van der Waals surface area (Å²) in [6, 6.07) is 5.68. The molecule has 1 aromatic carbocycles. The molecule has 0 N–H and O–H groups in total. The van der Waals surface area contributed by atoms with Gasteiger partial charge < -0.3 is 4.74 Å². The van der Waals surface area contributed by atoms with Gasteiger partial charge in [0.25, 0.3) is 0 Å². The van der Waals surface area contributed by atoms with Crippen LogP contribution in [0.4, 0.5) is 0 Å². The van der Waals surface area contributed by atoms with Crippen molar-refractivity contribution in [3.8, 4) is 5.75 Å². The first kappa shape index (κ1) is 15.8. The molecule has 0 fully saturated rings. The summed E-state index contributed by atoms with van der Waals surface area (Å²) < 4.78 is 28.8. The molecule has 0 aromatic heterocycles. The largest absolute Gasteiger partial charge is 0.493 e. The van der Waals surface area contributed by atoms with Crippen LogP contribution < -0.4 is 4.74 Å². The molecule has 0 unspecified atom stereocenters. The summed E-state index contributed by atoms with van der Waals surface area (Å²) in [6.45, 7) is 5.84. The van der Waals surface area contributed by atoms with Crippen LogP contribution in [-0.2, 0) is 9.05 Å². The minimum Gasteiger partial charge on any atom is -0.493 e. The Hall–Kier alpha value is -0.260. The van der Waals surface area contributed by atoms with Crippen molar-refractivity contribution in [2.75, 3.05) is 12.4 Å². The van der Waals surface area contributed by atoms with Crippen molar-refractivity contribution in [3.05, 3.63) is 28.2 Å². The third kappa shape index (κ3) is 5.59. The van der Waals surface area contributed by atoms with Crippen LogP contribution >= 0.6 is 26.6 Å². The average Bonchev–Trinajstić information content (AvgIpc) is 2.12. The Kier molecular flexibility index (Phi) is 5.09. The normalized spacial score (nSPS) is 12.5. The molecule has 102 valence electrons. The molecule has 6 heteroatoms. The highest BCUT2D eigenvalue weighted by molar-refractivity contribution is 9.10. The summed E-state index contributed by atoms with van der Waals surface area (Å²) in [5, 5.41) is 0. The fraction of sp³-hybridized carbons (Fsp3) is 0.500. The van der Waals surface area contributed by atoms with Gasteiger partial charge in [0, 0.05) is 20.6 Å². The van der Waals surface area contributed by atoms with Gasteiger partial charge in [0.05, 0.1) is 12.4 Å². The first-order valence-corrected chi connectivity index (χ1v) is 8.67. The molecule has 3 nitrogen and oxygen atoms in total. The fourth-order valence-electron chi connectivity index (χ4n) is 1.56. The van der Waals surface area contributed by atoms with E-state index in [1.807, 2.05) is 25.1 Å². The lowest BCUT2D eigenvalue weighted by Gasteiger charge is -2.23. The van der Waals surface area contributed by atoms with E-state index in [9.17, 15) is 8.42 Å². The van der Waals surface area contributed by atoms with Gasteiger partial charge in [0.2, 0.25) is 9.05 Å². The summed E-state index contributed by atoms with van der Waals surface area (Å²) in [5.41, 5.74) is 0.467. The van der Waals surface area contributed by atoms with Gasteiger partial charge in [0.15, 0.2) is 0 Å². The molecule has 0 aliphatic carbocycles. The van der Waals surface area contributed by atoms with Gasteiger partial charge in [-0.05, 0) is 30.7 Å². The number of aryl methyl sites for hydroxylation is 1. The SMILES string of the molecule is Cc1cc(Br)ccc1OCC(C)(C)CS(=O)(=O)Cl. The number of halogens is 2. The van der Waals surface area contributed by atoms with Crippen LogP contribution in [0.25, 0.3) is 0 Å². The van der Waals surface area contributed by atoms with E-state index in [0.717, 1.165) is 15.8 Å². The van der Waals surface area contributed by atoms with Gasteiger partial charge in [-0.1, -0.05) is 29.8 Å². The quantitative estimate of drug-likeness (QED) is 0.756. The third-order valence-corrected chi connectivity index (χ3v) is 4.27. The van der Waals surface area contributed by atoms with E-state index in [4.69, 9.17) is 15.4 Å². The van der Waals surface area contributed by atoms with Crippen LogP contribution in [0.15, 0.2) is 22.7 Å². The molecule has 0 spiro atoms. The molecule has 1 aromatic rings. The number of hydrogen-bond acceptors (Lipinski definition) is 3. The molecule has 0 radical (unpaired) electrons. The van der Waals surface area contributed by atoms with Crippen LogP contribution in [0.2, 0.25) is 0 Å². The van der Waals surface area contributed by atoms with Crippen LogP contribution in [-0.4, -0.2) is 20.8 Å². The molecule has 1 rings (SSSR count). The number of hydrogen-bond donors (Lipinski definition) is 0. The zero-order chi connectivity index (χ0) is 14.0. The maximum atomic E-state index is 11.1. The van der Waals surface area contributed by atoms with Crippen LogP contribution in [0.1, 0.15) is 19.4 Å². The summed E-state index contributed by atoms with van der Waals surface area (Å²) in [7, 11) is 1.74. The Morgan fingerprint density at radius 2 is 2.00 bits per heavy atom. The van der Waals surface area contributed by atoms with E-state index < -0.39 is 14.5 Å². The summed E-state index contributed by atoms with van der Waals surface area (Å²) >= 11 is 3.37. The predicted molar refractivity (Wildman–Crippen MR) is 77.8 cm³/mol. The summed E-state index contributed by atoms with van der Waals surface area (Å²) in [5.74, 6) is 0.634. The van der Waals surface area contributed by atoms with Gasteiger partial charge in [-0.15, -0.1) is 0 Å². The van der Waals surface area contributed by atoms with Crippen molar-refractivity contribution in [2.24, 2.45) is 5.41 Å². The maximum absolute atomic E-state index is 11.1. The monoisotopic (exact) mass is 354 g/mol. The molecule has 0 aliphatic rings. The Morgan fingerprint density at radius 1 is 1.39 bits per heavy atom. The minimum atomic E-state index is -3.52. The fourth-order valence-corrected chi connectivity index (χ4v) is 3.93. The van der Waals surface area contributed by atoms with E-state index in [2.05, 4.69) is 15.9 Å². The number of rotatable bonds is 5. The topological polar surface area (TPSA) is 43.4 Å². The van der Waals surface area contributed by atoms with Gasteiger partial charge in [0.1, 0.15) is 5.75 Å². The maximum Gasteiger partial charge on any atom is 0.233 e. The molecule has 0 aliphatic heterocycles. The number of ether oxygens (including phenoxy) is 1. The van der Waals surface area contributed by atoms with Crippen LogP contribution in [0, 0.1) is 12.3 Å². The van der Waals surface area contributed by atoms with Crippen molar-refractivity contribution in [3.63, 3.8) is 0 Å². The zero-order valence-electron chi connectivity index (χ0n) is 10.5. The van der Waals surface area contributed by atoms with Gasteiger partial charge in [-0.25, -0.2) is 8.42 Å². The van der Waals surface area contributed by atoms with Crippen LogP contribution in [0.3, 0.4) is 0 Å². The molecular weight excluding hydrogens is 340 g/mol. The minimum absolute atomic E-state index is 0.114. The predicted octanol–water partition coefficient (Wildman–Crippen LogP) is 3.73. The summed E-state index contributed by atoms with van der Waals surface area (Å²) in [4.78, 5) is 0. The molecule has 0 amide bonds. The van der Waals surface area contributed by atoms with E-state index >= 15 is 0 Å². The van der Waals surface area contributed by atoms with Crippen molar-refractivity contribution >= 4 is 35.7 Å². The van der Waals surface area contributed by atoms with Crippen molar-refractivity contribution < 1.29 is 13.2 Å². The van der Waals surface area contributed by atoms with Crippen molar-refractivity contribution in [2.45, 2.75) is 20.8 Å². The van der Waals surface area contributed by atoms with Gasteiger partial charge in [-0.3, -0.25) is 0 Å². The lowest BCUT2D eigenvalue weighted by molar-refractivity contribution is 0.199. The molecule has 0 atom stereocenters. The first-order valence-electron chi connectivity index (χ1n) is 5.40. The lowest BCUT2D eigenvalue weighted by Crippen LogP contribution is -2.28. The Balaban J connectivity index is 2.70. The molecular formula is C12H16BrClO3S. The second kappa shape index (κ2) is 5.80.